The molecule has 0 radical (unpaired) electrons. The average molecular weight is 394 g/mol. The molecule has 0 unspecified atom stereocenters. The Kier molecular flexibility index (Phi) is 5.22. The topological polar surface area (TPSA) is 66.5 Å². The van der Waals surface area contributed by atoms with Gasteiger partial charge in [-0.3, -0.25) is 5.10 Å². The Morgan fingerprint density at radius 3 is 2.41 bits per heavy atom. The van der Waals surface area contributed by atoms with Crippen molar-refractivity contribution in [2.45, 2.75) is 24.8 Å². The fourth-order valence-electron chi connectivity index (χ4n) is 2.48. The van der Waals surface area contributed by atoms with Gasteiger partial charge in [-0.1, -0.05) is 59.3 Å². The van der Waals surface area contributed by atoms with Gasteiger partial charge in [0, 0.05) is 22.4 Å². The van der Waals surface area contributed by atoms with Crippen LogP contribution in [0.2, 0.25) is 0 Å². The maximum atomic E-state index is 4.64. The number of hydrogen-bond donors (Lipinski definition) is 2. The SMILES string of the molecule is Cc1ccc(Nc2nc(CSc3n[nH]c(-c4ccc(C)cc4)n3)cs2)cc1. The number of benzene rings is 2. The molecule has 27 heavy (non-hydrogen) atoms. The third kappa shape index (κ3) is 4.56. The number of anilines is 2. The van der Waals surface area contributed by atoms with Gasteiger partial charge >= 0.3 is 0 Å². The third-order valence-corrected chi connectivity index (χ3v) is 5.68. The lowest BCUT2D eigenvalue weighted by Crippen LogP contribution is -1.90. The Hall–Kier alpha value is -2.64. The molecule has 136 valence electrons. The quantitative estimate of drug-likeness (QED) is 0.419. The van der Waals surface area contributed by atoms with Gasteiger partial charge in [0.25, 0.3) is 0 Å². The number of aryl methyl sites for hydroxylation is 2. The molecule has 2 heterocycles. The first-order chi connectivity index (χ1) is 13.2. The number of nitrogens with one attached hydrogen (secondary N) is 2. The van der Waals surface area contributed by atoms with Crippen LogP contribution in [0.3, 0.4) is 0 Å². The van der Waals surface area contributed by atoms with Gasteiger partial charge in [-0.2, -0.15) is 0 Å². The van der Waals surface area contributed by atoms with E-state index in [2.05, 4.69) is 81.1 Å². The predicted octanol–water partition coefficient (Wildman–Crippen LogP) is 5.58. The zero-order valence-electron chi connectivity index (χ0n) is 15.1. The van der Waals surface area contributed by atoms with E-state index in [-0.39, 0.29) is 0 Å². The molecule has 0 amide bonds. The fraction of sp³-hybridized carbons (Fsp3) is 0.150. The van der Waals surface area contributed by atoms with Gasteiger partial charge in [0.05, 0.1) is 5.69 Å². The summed E-state index contributed by atoms with van der Waals surface area (Å²) in [7, 11) is 0. The standard InChI is InChI=1S/C20H19N5S2/c1-13-3-7-15(8-4-13)18-23-20(25-24-18)27-12-17-11-26-19(22-17)21-16-9-5-14(2)6-10-16/h3-11H,12H2,1-2H3,(H,21,22)(H,23,24,25). The molecule has 7 heteroatoms. The molecule has 4 rings (SSSR count). The highest BCUT2D eigenvalue weighted by atomic mass is 32.2. The number of aromatic nitrogens is 4. The van der Waals surface area contributed by atoms with E-state index < -0.39 is 0 Å². The molecular formula is C20H19N5S2. The van der Waals surface area contributed by atoms with E-state index in [1.807, 2.05) is 12.1 Å². The Morgan fingerprint density at radius 2 is 1.67 bits per heavy atom. The summed E-state index contributed by atoms with van der Waals surface area (Å²) in [4.78, 5) is 9.20. The number of rotatable bonds is 6. The first kappa shape index (κ1) is 17.8. The largest absolute Gasteiger partial charge is 0.332 e. The summed E-state index contributed by atoms with van der Waals surface area (Å²) in [6, 6.07) is 16.5. The van der Waals surface area contributed by atoms with E-state index in [4.69, 9.17) is 0 Å². The number of nitrogens with zero attached hydrogens (tertiary/aromatic N) is 3. The summed E-state index contributed by atoms with van der Waals surface area (Å²) in [6.07, 6.45) is 0. The molecule has 0 spiro atoms. The van der Waals surface area contributed by atoms with Crippen LogP contribution in [0, 0.1) is 13.8 Å². The maximum Gasteiger partial charge on any atom is 0.209 e. The molecule has 0 atom stereocenters. The summed E-state index contributed by atoms with van der Waals surface area (Å²) in [5.74, 6) is 1.52. The van der Waals surface area contributed by atoms with Crippen molar-refractivity contribution in [2.24, 2.45) is 0 Å². The van der Waals surface area contributed by atoms with Crippen LogP contribution in [-0.2, 0) is 5.75 Å². The van der Waals surface area contributed by atoms with E-state index in [1.54, 1.807) is 23.1 Å². The molecule has 2 N–H and O–H groups in total. The van der Waals surface area contributed by atoms with Crippen molar-refractivity contribution in [3.05, 3.63) is 70.7 Å². The summed E-state index contributed by atoms with van der Waals surface area (Å²) in [5, 5.41) is 14.3. The van der Waals surface area contributed by atoms with Crippen molar-refractivity contribution in [1.29, 1.82) is 0 Å². The van der Waals surface area contributed by atoms with Crippen molar-refractivity contribution in [3.63, 3.8) is 0 Å². The lowest BCUT2D eigenvalue weighted by Gasteiger charge is -2.02. The van der Waals surface area contributed by atoms with Crippen molar-refractivity contribution in [1.82, 2.24) is 20.2 Å². The molecule has 5 nitrogen and oxygen atoms in total. The fourth-order valence-corrected chi connectivity index (χ4v) is 4.01. The van der Waals surface area contributed by atoms with Crippen LogP contribution in [0.1, 0.15) is 16.8 Å². The zero-order valence-corrected chi connectivity index (χ0v) is 16.7. The number of aromatic amines is 1. The Bertz CT molecular complexity index is 1020. The summed E-state index contributed by atoms with van der Waals surface area (Å²) < 4.78 is 0. The summed E-state index contributed by atoms with van der Waals surface area (Å²) in [5.41, 5.74) is 5.57. The van der Waals surface area contributed by atoms with Gasteiger partial charge in [-0.05, 0) is 26.0 Å². The maximum absolute atomic E-state index is 4.64. The molecule has 0 fully saturated rings. The predicted molar refractivity (Wildman–Crippen MR) is 113 cm³/mol. The molecule has 2 aromatic heterocycles. The lowest BCUT2D eigenvalue weighted by molar-refractivity contribution is 0.972. The number of thioether (sulfide) groups is 1. The zero-order chi connectivity index (χ0) is 18.6. The Labute approximate surface area is 166 Å². The minimum Gasteiger partial charge on any atom is -0.332 e. The minimum absolute atomic E-state index is 0.728. The van der Waals surface area contributed by atoms with E-state index in [0.29, 0.717) is 0 Å². The normalized spacial score (nSPS) is 10.9. The summed E-state index contributed by atoms with van der Waals surface area (Å²) in [6.45, 7) is 4.15. The second kappa shape index (κ2) is 7.94. The van der Waals surface area contributed by atoms with Gasteiger partial charge in [0.15, 0.2) is 11.0 Å². The molecule has 0 saturated carbocycles. The highest BCUT2D eigenvalue weighted by molar-refractivity contribution is 7.98. The highest BCUT2D eigenvalue weighted by Crippen LogP contribution is 2.26. The highest BCUT2D eigenvalue weighted by Gasteiger charge is 2.08. The van der Waals surface area contributed by atoms with Crippen LogP contribution < -0.4 is 5.32 Å². The van der Waals surface area contributed by atoms with Gasteiger partial charge in [0.1, 0.15) is 0 Å². The second-order valence-electron chi connectivity index (χ2n) is 6.26. The van der Waals surface area contributed by atoms with E-state index in [0.717, 1.165) is 38.8 Å². The first-order valence-corrected chi connectivity index (χ1v) is 10.4. The monoisotopic (exact) mass is 393 g/mol. The number of H-pyrrole nitrogens is 1. The van der Waals surface area contributed by atoms with E-state index in [9.17, 15) is 0 Å². The van der Waals surface area contributed by atoms with Crippen LogP contribution >= 0.6 is 23.1 Å². The Balaban J connectivity index is 1.36. The molecule has 0 aliphatic rings. The average Bonchev–Trinajstić information content (AvgIpc) is 3.32. The van der Waals surface area contributed by atoms with Gasteiger partial charge in [0.2, 0.25) is 5.16 Å². The first-order valence-electron chi connectivity index (χ1n) is 8.56. The number of hydrogen-bond acceptors (Lipinski definition) is 6. The molecular weight excluding hydrogens is 374 g/mol. The van der Waals surface area contributed by atoms with Crippen LogP contribution in [0.4, 0.5) is 10.8 Å². The second-order valence-corrected chi connectivity index (χ2v) is 8.06. The Morgan fingerprint density at radius 1 is 0.963 bits per heavy atom. The van der Waals surface area contributed by atoms with Gasteiger partial charge < -0.3 is 5.32 Å². The lowest BCUT2D eigenvalue weighted by atomic mass is 10.1. The molecule has 2 aromatic carbocycles. The van der Waals surface area contributed by atoms with Crippen molar-refractivity contribution in [3.8, 4) is 11.4 Å². The third-order valence-electron chi connectivity index (χ3n) is 3.99. The molecule has 0 aliphatic carbocycles. The number of thiazole rings is 1. The van der Waals surface area contributed by atoms with Crippen molar-refractivity contribution < 1.29 is 0 Å². The van der Waals surface area contributed by atoms with Gasteiger partial charge in [-0.15, -0.1) is 16.4 Å². The summed E-state index contributed by atoms with van der Waals surface area (Å²) >= 11 is 3.18. The van der Waals surface area contributed by atoms with Crippen LogP contribution in [0.5, 0.6) is 0 Å². The van der Waals surface area contributed by atoms with Gasteiger partial charge in [-0.25, -0.2) is 9.97 Å². The van der Waals surface area contributed by atoms with Crippen LogP contribution in [0.15, 0.2) is 59.1 Å². The molecule has 0 saturated heterocycles. The van der Waals surface area contributed by atoms with E-state index >= 15 is 0 Å². The molecule has 0 aliphatic heterocycles. The van der Waals surface area contributed by atoms with Crippen molar-refractivity contribution >= 4 is 33.9 Å². The van der Waals surface area contributed by atoms with Crippen LogP contribution in [-0.4, -0.2) is 20.2 Å². The smallest absolute Gasteiger partial charge is 0.209 e. The van der Waals surface area contributed by atoms with E-state index in [1.165, 1.54) is 11.1 Å². The minimum atomic E-state index is 0.728. The molecule has 0 bridgehead atoms. The van der Waals surface area contributed by atoms with Crippen molar-refractivity contribution in [2.75, 3.05) is 5.32 Å². The van der Waals surface area contributed by atoms with Crippen LogP contribution in [0.25, 0.3) is 11.4 Å². The molecule has 4 aromatic rings.